The smallest absolute Gasteiger partial charge is 0.202 e. The van der Waals surface area contributed by atoms with E-state index >= 15 is 0 Å². The summed E-state index contributed by atoms with van der Waals surface area (Å²) < 4.78 is 1.98. The Morgan fingerprint density at radius 3 is 2.76 bits per heavy atom. The molecule has 5 heteroatoms. The number of aryl methyl sites for hydroxylation is 1. The molecule has 0 radical (unpaired) electrons. The van der Waals surface area contributed by atoms with E-state index in [2.05, 4.69) is 46.2 Å². The molecule has 0 spiro atoms. The van der Waals surface area contributed by atoms with Gasteiger partial charge in [0.05, 0.1) is 0 Å². The Hall–Kier alpha value is -2.56. The van der Waals surface area contributed by atoms with E-state index in [0.29, 0.717) is 5.95 Å². The zero-order chi connectivity index (χ0) is 14.7. The van der Waals surface area contributed by atoms with E-state index in [1.807, 2.05) is 22.8 Å². The van der Waals surface area contributed by atoms with Crippen LogP contribution in [0.3, 0.4) is 0 Å². The predicted octanol–water partition coefficient (Wildman–Crippen LogP) is 2.54. The third-order valence-corrected chi connectivity index (χ3v) is 3.61. The first-order valence-electron chi connectivity index (χ1n) is 7.08. The van der Waals surface area contributed by atoms with E-state index in [1.165, 1.54) is 5.69 Å². The van der Waals surface area contributed by atoms with Gasteiger partial charge in [-0.05, 0) is 30.7 Å². The fourth-order valence-corrected chi connectivity index (χ4v) is 2.47. The molecule has 1 aromatic carbocycles. The molecule has 3 aromatic rings. The minimum Gasteiger partial charge on any atom is -0.375 e. The second-order valence-electron chi connectivity index (χ2n) is 5.08. The molecule has 2 aromatic heterocycles. The number of para-hydroxylation sites is 1. The number of anilines is 2. The molecule has 2 heterocycles. The lowest BCUT2D eigenvalue weighted by atomic mass is 10.3. The molecule has 5 nitrogen and oxygen atoms in total. The molecule has 108 valence electrons. The summed E-state index contributed by atoms with van der Waals surface area (Å²) >= 11 is 0. The largest absolute Gasteiger partial charge is 0.375 e. The van der Waals surface area contributed by atoms with Crippen molar-refractivity contribution in [2.45, 2.75) is 13.0 Å². The molecule has 2 N–H and O–H groups in total. The van der Waals surface area contributed by atoms with Crippen LogP contribution >= 0.6 is 0 Å². The Labute approximate surface area is 124 Å². The topological polar surface area (TPSA) is 60.0 Å². The number of nitrogens with two attached hydrogens (primary N) is 1. The molecule has 0 saturated carbocycles. The molecule has 21 heavy (non-hydrogen) atoms. The van der Waals surface area contributed by atoms with Gasteiger partial charge >= 0.3 is 0 Å². The van der Waals surface area contributed by atoms with Crippen LogP contribution in [0.4, 0.5) is 11.6 Å². The molecule has 0 fully saturated rings. The van der Waals surface area contributed by atoms with Crippen LogP contribution in [-0.4, -0.2) is 28.1 Å². The fraction of sp³-hybridized carbons (Fsp3) is 0.250. The SMILES string of the molecule is CN(CCCn1c(N)nc2cccnc21)c1ccccc1. The third kappa shape index (κ3) is 2.81. The van der Waals surface area contributed by atoms with Gasteiger partial charge < -0.3 is 10.6 Å². The highest BCUT2D eigenvalue weighted by molar-refractivity contribution is 5.73. The Kier molecular flexibility index (Phi) is 3.73. The van der Waals surface area contributed by atoms with Gasteiger partial charge in [0.25, 0.3) is 0 Å². The number of rotatable bonds is 5. The molecular formula is C16H19N5. The van der Waals surface area contributed by atoms with Crippen molar-refractivity contribution >= 4 is 22.8 Å². The van der Waals surface area contributed by atoms with Gasteiger partial charge in [0.1, 0.15) is 5.52 Å². The zero-order valence-electron chi connectivity index (χ0n) is 12.1. The summed E-state index contributed by atoms with van der Waals surface area (Å²) in [5, 5.41) is 0. The molecule has 0 aliphatic heterocycles. The number of nitrogen functional groups attached to an aromatic ring is 1. The highest BCUT2D eigenvalue weighted by atomic mass is 15.2. The van der Waals surface area contributed by atoms with Crippen LogP contribution in [0, 0.1) is 0 Å². The van der Waals surface area contributed by atoms with Crippen LogP contribution in [0.1, 0.15) is 6.42 Å². The number of benzene rings is 1. The van der Waals surface area contributed by atoms with Gasteiger partial charge in [0.15, 0.2) is 5.65 Å². The first-order valence-corrected chi connectivity index (χ1v) is 7.08. The van der Waals surface area contributed by atoms with Gasteiger partial charge in [-0.1, -0.05) is 18.2 Å². The lowest BCUT2D eigenvalue weighted by molar-refractivity contribution is 0.655. The van der Waals surface area contributed by atoms with Crippen molar-refractivity contribution in [1.82, 2.24) is 14.5 Å². The van der Waals surface area contributed by atoms with E-state index in [4.69, 9.17) is 5.73 Å². The summed E-state index contributed by atoms with van der Waals surface area (Å²) in [6.07, 6.45) is 2.76. The minimum atomic E-state index is 0.533. The predicted molar refractivity (Wildman–Crippen MR) is 86.3 cm³/mol. The van der Waals surface area contributed by atoms with Crippen molar-refractivity contribution in [2.75, 3.05) is 24.2 Å². The number of hydrogen-bond donors (Lipinski definition) is 1. The van der Waals surface area contributed by atoms with E-state index in [0.717, 1.165) is 30.7 Å². The Morgan fingerprint density at radius 2 is 1.95 bits per heavy atom. The number of fused-ring (bicyclic) bond motifs is 1. The maximum Gasteiger partial charge on any atom is 0.202 e. The van der Waals surface area contributed by atoms with E-state index in [9.17, 15) is 0 Å². The molecule has 0 atom stereocenters. The monoisotopic (exact) mass is 281 g/mol. The molecule has 0 aliphatic rings. The summed E-state index contributed by atoms with van der Waals surface area (Å²) in [4.78, 5) is 10.9. The number of hydrogen-bond acceptors (Lipinski definition) is 4. The Bertz CT molecular complexity index is 720. The quantitative estimate of drug-likeness (QED) is 0.780. The summed E-state index contributed by atoms with van der Waals surface area (Å²) in [5.41, 5.74) is 8.91. The number of pyridine rings is 1. The van der Waals surface area contributed by atoms with E-state index in [-0.39, 0.29) is 0 Å². The molecule has 3 rings (SSSR count). The van der Waals surface area contributed by atoms with Crippen molar-refractivity contribution in [1.29, 1.82) is 0 Å². The Morgan fingerprint density at radius 1 is 1.14 bits per heavy atom. The van der Waals surface area contributed by atoms with Crippen molar-refractivity contribution < 1.29 is 0 Å². The van der Waals surface area contributed by atoms with Crippen molar-refractivity contribution in [2.24, 2.45) is 0 Å². The van der Waals surface area contributed by atoms with Gasteiger partial charge in [-0.2, -0.15) is 0 Å². The maximum absolute atomic E-state index is 5.98. The first-order chi connectivity index (χ1) is 10.3. The molecule has 0 bridgehead atoms. The first kappa shape index (κ1) is 13.4. The molecule has 0 unspecified atom stereocenters. The summed E-state index contributed by atoms with van der Waals surface area (Å²) in [6, 6.07) is 14.2. The standard InChI is InChI=1S/C16H19N5/c1-20(13-7-3-2-4-8-13)11-6-12-21-15-14(19-16(21)17)9-5-10-18-15/h2-5,7-10H,6,11-12H2,1H3,(H2,17,19). The second kappa shape index (κ2) is 5.83. The average molecular weight is 281 g/mol. The second-order valence-corrected chi connectivity index (χ2v) is 5.08. The van der Waals surface area contributed by atoms with Crippen LogP contribution in [0.2, 0.25) is 0 Å². The molecule has 0 saturated heterocycles. The van der Waals surface area contributed by atoms with Gasteiger partial charge in [-0.3, -0.25) is 4.57 Å². The highest BCUT2D eigenvalue weighted by Gasteiger charge is 2.08. The van der Waals surface area contributed by atoms with Gasteiger partial charge in [-0.15, -0.1) is 0 Å². The number of nitrogens with zero attached hydrogens (tertiary/aromatic N) is 4. The van der Waals surface area contributed by atoms with Gasteiger partial charge in [-0.25, -0.2) is 9.97 Å². The molecular weight excluding hydrogens is 262 g/mol. The average Bonchev–Trinajstić information content (AvgIpc) is 2.84. The van der Waals surface area contributed by atoms with E-state index in [1.54, 1.807) is 6.20 Å². The molecule has 0 aliphatic carbocycles. The third-order valence-electron chi connectivity index (χ3n) is 3.61. The van der Waals surface area contributed by atoms with Gasteiger partial charge in [0.2, 0.25) is 5.95 Å². The van der Waals surface area contributed by atoms with Crippen molar-refractivity contribution in [3.8, 4) is 0 Å². The molecule has 0 amide bonds. The summed E-state index contributed by atoms with van der Waals surface area (Å²) in [5.74, 6) is 0.533. The van der Waals surface area contributed by atoms with Crippen LogP contribution in [-0.2, 0) is 6.54 Å². The van der Waals surface area contributed by atoms with Crippen molar-refractivity contribution in [3.05, 3.63) is 48.7 Å². The number of imidazole rings is 1. The minimum absolute atomic E-state index is 0.533. The summed E-state index contributed by atoms with van der Waals surface area (Å²) in [7, 11) is 2.10. The Balaban J connectivity index is 1.66. The van der Waals surface area contributed by atoms with Crippen LogP contribution in [0.5, 0.6) is 0 Å². The highest BCUT2D eigenvalue weighted by Crippen LogP contribution is 2.16. The zero-order valence-corrected chi connectivity index (χ0v) is 12.1. The van der Waals surface area contributed by atoms with Crippen LogP contribution in [0.15, 0.2) is 48.7 Å². The summed E-state index contributed by atoms with van der Waals surface area (Å²) in [6.45, 7) is 1.77. The van der Waals surface area contributed by atoms with Gasteiger partial charge in [0, 0.05) is 32.0 Å². The van der Waals surface area contributed by atoms with Crippen molar-refractivity contribution in [3.63, 3.8) is 0 Å². The van der Waals surface area contributed by atoms with Crippen LogP contribution in [0.25, 0.3) is 11.2 Å². The maximum atomic E-state index is 5.98. The normalized spacial score (nSPS) is 10.9. The van der Waals surface area contributed by atoms with E-state index < -0.39 is 0 Å². The fourth-order valence-electron chi connectivity index (χ4n) is 2.47. The van der Waals surface area contributed by atoms with Crippen LogP contribution < -0.4 is 10.6 Å². The lowest BCUT2D eigenvalue weighted by Crippen LogP contribution is -2.20. The number of aromatic nitrogens is 3. The lowest BCUT2D eigenvalue weighted by Gasteiger charge is -2.19.